The van der Waals surface area contributed by atoms with Crippen molar-refractivity contribution in [3.63, 3.8) is 0 Å². The van der Waals surface area contributed by atoms with E-state index in [4.69, 9.17) is 14.2 Å². The predicted molar refractivity (Wildman–Crippen MR) is 125 cm³/mol. The minimum absolute atomic E-state index is 0.118. The van der Waals surface area contributed by atoms with Gasteiger partial charge in [-0.25, -0.2) is 0 Å². The Bertz CT molecular complexity index is 818. The average Bonchev–Trinajstić information content (AvgIpc) is 3.16. The van der Waals surface area contributed by atoms with Crippen molar-refractivity contribution >= 4 is 25.4 Å². The van der Waals surface area contributed by atoms with Gasteiger partial charge in [-0.05, 0) is 97.7 Å². The van der Waals surface area contributed by atoms with Crippen molar-refractivity contribution in [1.29, 1.82) is 0 Å². The summed E-state index contributed by atoms with van der Waals surface area (Å²) in [5, 5.41) is 9.17. The highest BCUT2D eigenvalue weighted by molar-refractivity contribution is 5.66. The highest BCUT2D eigenvalue weighted by Gasteiger charge is 2.65. The number of carboxylic acids is 1. The van der Waals surface area contributed by atoms with Crippen molar-refractivity contribution in [3.05, 3.63) is 0 Å². The van der Waals surface area contributed by atoms with Gasteiger partial charge in [0.2, 0.25) is 0 Å². The van der Waals surface area contributed by atoms with Crippen molar-refractivity contribution < 1.29 is 38.5 Å². The van der Waals surface area contributed by atoms with E-state index in [1.807, 2.05) is 0 Å². The molecule has 0 aromatic heterocycles. The van der Waals surface area contributed by atoms with Crippen molar-refractivity contribution in [2.45, 2.75) is 96.9 Å². The highest BCUT2D eigenvalue weighted by Crippen LogP contribution is 2.69. The van der Waals surface area contributed by atoms with Crippen LogP contribution in [0.4, 0.5) is 0 Å². The van der Waals surface area contributed by atoms with Crippen LogP contribution < -0.4 is 0 Å². The number of hydrogen-bond acceptors (Lipinski definition) is 7. The smallest absolute Gasteiger partial charge is 0.303 e. The summed E-state index contributed by atoms with van der Waals surface area (Å²) in [6.07, 6.45) is 7.51. The van der Waals surface area contributed by atoms with Crippen LogP contribution in [0.1, 0.15) is 85.0 Å². The molecule has 196 valence electrons. The summed E-state index contributed by atoms with van der Waals surface area (Å²) in [6.45, 7) is 7.85. The van der Waals surface area contributed by atoms with Crippen LogP contribution in [0, 0.1) is 46.3 Å². The van der Waals surface area contributed by atoms with E-state index in [0.29, 0.717) is 48.9 Å². The summed E-state index contributed by atoms with van der Waals surface area (Å²) in [4.78, 5) is 45.1. The van der Waals surface area contributed by atoms with Gasteiger partial charge >= 0.3 is 5.97 Å². The molecule has 4 aliphatic carbocycles. The Morgan fingerprint density at radius 1 is 0.943 bits per heavy atom. The van der Waals surface area contributed by atoms with Crippen molar-refractivity contribution in [1.82, 2.24) is 0 Å². The molecule has 4 fully saturated rings. The molecule has 0 spiro atoms. The van der Waals surface area contributed by atoms with Gasteiger partial charge in [-0.2, -0.15) is 0 Å². The standard InChI is InChI=1S/C27H40O8/c1-17(4-9-24(31)32)20-7-8-21-19-6-5-18-12-27(34-15-29,35-16-30)23(33-14-28)13-26(18,3)22(19)10-11-25(20,21)2/h14-23H,4-13H2,1-3H3,(H,31,32)/t17-,18-,19+,20-,21+,22+,23?,25-,26+/m1/s1. The van der Waals surface area contributed by atoms with Crippen LogP contribution in [0.5, 0.6) is 0 Å². The van der Waals surface area contributed by atoms with E-state index in [2.05, 4.69) is 20.8 Å². The Kier molecular flexibility index (Phi) is 7.22. The molecule has 0 heterocycles. The third-order valence-corrected chi connectivity index (χ3v) is 11.0. The van der Waals surface area contributed by atoms with Gasteiger partial charge in [-0.3, -0.25) is 19.2 Å². The fourth-order valence-electron chi connectivity index (χ4n) is 9.40. The van der Waals surface area contributed by atoms with Crippen molar-refractivity contribution in [3.8, 4) is 0 Å². The lowest BCUT2D eigenvalue weighted by molar-refractivity contribution is -0.291. The third kappa shape index (κ3) is 4.25. The maximum Gasteiger partial charge on any atom is 0.303 e. The molecular weight excluding hydrogens is 452 g/mol. The van der Waals surface area contributed by atoms with E-state index in [9.17, 15) is 24.3 Å². The van der Waals surface area contributed by atoms with Gasteiger partial charge in [0.05, 0.1) is 0 Å². The van der Waals surface area contributed by atoms with Crippen molar-refractivity contribution in [2.75, 3.05) is 0 Å². The first kappa shape index (κ1) is 26.0. The van der Waals surface area contributed by atoms with Crippen LogP contribution in [-0.2, 0) is 33.4 Å². The fourth-order valence-corrected chi connectivity index (χ4v) is 9.40. The molecule has 8 nitrogen and oxygen atoms in total. The average molecular weight is 493 g/mol. The predicted octanol–water partition coefficient (Wildman–Crippen LogP) is 4.34. The van der Waals surface area contributed by atoms with Crippen LogP contribution in [0.3, 0.4) is 0 Å². The number of aliphatic carboxylic acids is 1. The van der Waals surface area contributed by atoms with Crippen LogP contribution in [-0.4, -0.2) is 42.4 Å². The quantitative estimate of drug-likeness (QED) is 0.354. The number of carboxylic acid groups (broad SMARTS) is 1. The zero-order valence-electron chi connectivity index (χ0n) is 21.1. The van der Waals surface area contributed by atoms with E-state index < -0.39 is 17.9 Å². The maximum atomic E-state index is 11.4. The molecule has 9 atom stereocenters. The lowest BCUT2D eigenvalue weighted by atomic mass is 9.44. The molecule has 35 heavy (non-hydrogen) atoms. The van der Waals surface area contributed by atoms with Gasteiger partial charge < -0.3 is 19.3 Å². The minimum atomic E-state index is -1.57. The first-order valence-electron chi connectivity index (χ1n) is 13.2. The van der Waals surface area contributed by atoms with Gasteiger partial charge in [0.1, 0.15) is 0 Å². The van der Waals surface area contributed by atoms with Crippen LogP contribution in [0.15, 0.2) is 0 Å². The normalized spacial score (nSPS) is 42.4. The van der Waals surface area contributed by atoms with Gasteiger partial charge in [0, 0.05) is 12.8 Å². The first-order chi connectivity index (χ1) is 16.6. The molecule has 8 heteroatoms. The van der Waals surface area contributed by atoms with Gasteiger partial charge in [0.15, 0.2) is 6.10 Å². The summed E-state index contributed by atoms with van der Waals surface area (Å²) in [5.74, 6) is 0.464. The molecule has 0 aromatic carbocycles. The molecule has 4 aliphatic rings. The van der Waals surface area contributed by atoms with E-state index in [0.717, 1.165) is 38.5 Å². The Balaban J connectivity index is 1.57. The summed E-state index contributed by atoms with van der Waals surface area (Å²) in [6, 6.07) is 0. The molecule has 1 N–H and O–H groups in total. The fraction of sp³-hybridized carbons (Fsp3) is 0.852. The number of carbonyl (C=O) groups is 4. The van der Waals surface area contributed by atoms with E-state index in [-0.39, 0.29) is 36.1 Å². The van der Waals surface area contributed by atoms with Crippen LogP contribution in [0.2, 0.25) is 0 Å². The second-order valence-corrected chi connectivity index (χ2v) is 12.2. The monoisotopic (exact) mass is 492 g/mol. The molecule has 1 unspecified atom stereocenters. The largest absolute Gasteiger partial charge is 0.481 e. The number of ether oxygens (including phenoxy) is 3. The Morgan fingerprint density at radius 3 is 2.26 bits per heavy atom. The first-order valence-corrected chi connectivity index (χ1v) is 13.2. The zero-order chi connectivity index (χ0) is 25.4. The molecule has 4 saturated carbocycles. The number of hydrogen-bond donors (Lipinski definition) is 1. The Hall–Kier alpha value is -2.12. The van der Waals surface area contributed by atoms with E-state index >= 15 is 0 Å². The zero-order valence-corrected chi connectivity index (χ0v) is 21.1. The SMILES string of the molecule is C[C@H](CCC(=O)O)[C@H]1CC[C@H]2[C@@H]3CC[C@@H]4CC(OC=O)(OC=O)C(OC=O)C[C@]4(C)[C@H]3CC[C@]12C. The molecule has 0 radical (unpaired) electrons. The number of rotatable bonds is 10. The highest BCUT2D eigenvalue weighted by atomic mass is 16.7. The summed E-state index contributed by atoms with van der Waals surface area (Å²) < 4.78 is 16.0. The second-order valence-electron chi connectivity index (χ2n) is 12.2. The summed E-state index contributed by atoms with van der Waals surface area (Å²) >= 11 is 0. The summed E-state index contributed by atoms with van der Waals surface area (Å²) in [7, 11) is 0. The van der Waals surface area contributed by atoms with Crippen molar-refractivity contribution in [2.24, 2.45) is 46.3 Å². The maximum absolute atomic E-state index is 11.4. The Morgan fingerprint density at radius 2 is 1.63 bits per heavy atom. The van der Waals surface area contributed by atoms with Gasteiger partial charge in [0.25, 0.3) is 25.2 Å². The third-order valence-electron chi connectivity index (χ3n) is 11.0. The summed E-state index contributed by atoms with van der Waals surface area (Å²) in [5.41, 5.74) is 0.105. The molecule has 4 rings (SSSR count). The molecule has 0 amide bonds. The molecule has 0 aromatic rings. The number of fused-ring (bicyclic) bond motifs is 5. The second kappa shape index (κ2) is 9.74. The lowest BCUT2D eigenvalue weighted by Crippen LogP contribution is -2.62. The molecular formula is C27H40O8. The van der Waals surface area contributed by atoms with Crippen LogP contribution >= 0.6 is 0 Å². The molecule has 0 saturated heterocycles. The van der Waals surface area contributed by atoms with Gasteiger partial charge in [-0.1, -0.05) is 20.8 Å². The topological polar surface area (TPSA) is 116 Å². The minimum Gasteiger partial charge on any atom is -0.481 e. The van der Waals surface area contributed by atoms with Crippen LogP contribution in [0.25, 0.3) is 0 Å². The number of carbonyl (C=O) groups excluding carboxylic acids is 3. The molecule has 0 aliphatic heterocycles. The van der Waals surface area contributed by atoms with E-state index in [1.54, 1.807) is 0 Å². The van der Waals surface area contributed by atoms with Gasteiger partial charge in [-0.15, -0.1) is 0 Å². The lowest BCUT2D eigenvalue weighted by Gasteiger charge is -2.62. The van der Waals surface area contributed by atoms with E-state index in [1.165, 1.54) is 6.42 Å². The molecule has 0 bridgehead atoms. The Labute approximate surface area is 207 Å².